The SMILES string of the molecule is COc1ccc(CCC2C=NC(Cl)=NC2Cl)cc1. The van der Waals surface area contributed by atoms with Gasteiger partial charge in [-0.2, -0.15) is 0 Å². The molecular formula is C13H14Cl2N2O. The molecule has 1 heterocycles. The van der Waals surface area contributed by atoms with Gasteiger partial charge in [-0.15, -0.1) is 0 Å². The number of amidine groups is 1. The Kier molecular flexibility index (Phi) is 4.61. The molecule has 96 valence electrons. The van der Waals surface area contributed by atoms with Crippen molar-refractivity contribution >= 4 is 34.7 Å². The second-order valence-corrected chi connectivity index (χ2v) is 4.88. The van der Waals surface area contributed by atoms with E-state index in [-0.39, 0.29) is 16.7 Å². The van der Waals surface area contributed by atoms with Crippen LogP contribution in [0.25, 0.3) is 0 Å². The van der Waals surface area contributed by atoms with Crippen LogP contribution in [-0.4, -0.2) is 24.1 Å². The van der Waals surface area contributed by atoms with Crippen molar-refractivity contribution < 1.29 is 4.74 Å². The number of halogens is 2. The zero-order chi connectivity index (χ0) is 13.0. The van der Waals surface area contributed by atoms with E-state index in [9.17, 15) is 0 Å². The Morgan fingerprint density at radius 2 is 2.00 bits per heavy atom. The Labute approximate surface area is 116 Å². The average Bonchev–Trinajstić information content (AvgIpc) is 2.38. The van der Waals surface area contributed by atoms with Crippen molar-refractivity contribution in [2.75, 3.05) is 7.11 Å². The molecule has 18 heavy (non-hydrogen) atoms. The van der Waals surface area contributed by atoms with E-state index in [4.69, 9.17) is 27.9 Å². The quantitative estimate of drug-likeness (QED) is 0.616. The highest BCUT2D eigenvalue weighted by Gasteiger charge is 2.20. The van der Waals surface area contributed by atoms with Gasteiger partial charge in [-0.05, 0) is 42.1 Å². The first-order chi connectivity index (χ1) is 8.69. The summed E-state index contributed by atoms with van der Waals surface area (Å²) >= 11 is 11.8. The van der Waals surface area contributed by atoms with E-state index in [0.29, 0.717) is 0 Å². The third-order valence-corrected chi connectivity index (χ3v) is 3.50. The summed E-state index contributed by atoms with van der Waals surface area (Å²) in [5.74, 6) is 1.00. The van der Waals surface area contributed by atoms with Crippen molar-refractivity contribution in [3.05, 3.63) is 29.8 Å². The summed E-state index contributed by atoms with van der Waals surface area (Å²) in [6, 6.07) is 8.02. The van der Waals surface area contributed by atoms with E-state index in [1.54, 1.807) is 13.3 Å². The lowest BCUT2D eigenvalue weighted by atomic mass is 10.00. The molecule has 0 N–H and O–H groups in total. The Bertz CT molecular complexity index is 457. The summed E-state index contributed by atoms with van der Waals surface area (Å²) in [4.78, 5) is 8.02. The Hall–Kier alpha value is -1.06. The zero-order valence-electron chi connectivity index (χ0n) is 10.0. The number of aryl methyl sites for hydroxylation is 1. The van der Waals surface area contributed by atoms with Crippen LogP contribution in [0.3, 0.4) is 0 Å². The number of benzene rings is 1. The zero-order valence-corrected chi connectivity index (χ0v) is 11.5. The molecule has 0 saturated carbocycles. The highest BCUT2D eigenvalue weighted by molar-refractivity contribution is 6.65. The molecule has 0 fully saturated rings. The number of hydrogen-bond donors (Lipinski definition) is 0. The number of rotatable bonds is 4. The molecule has 1 aliphatic rings. The molecule has 2 atom stereocenters. The van der Waals surface area contributed by atoms with Gasteiger partial charge in [0.05, 0.1) is 7.11 Å². The summed E-state index contributed by atoms with van der Waals surface area (Å²) in [5, 5.41) is 0.232. The lowest BCUT2D eigenvalue weighted by Gasteiger charge is -2.17. The summed E-state index contributed by atoms with van der Waals surface area (Å²) in [6.07, 6.45) is 3.62. The van der Waals surface area contributed by atoms with Crippen molar-refractivity contribution in [2.24, 2.45) is 15.9 Å². The molecule has 3 nitrogen and oxygen atoms in total. The van der Waals surface area contributed by atoms with Gasteiger partial charge < -0.3 is 4.74 Å². The minimum absolute atomic E-state index is 0.135. The van der Waals surface area contributed by atoms with E-state index in [2.05, 4.69) is 22.1 Å². The first-order valence-corrected chi connectivity index (χ1v) is 6.55. The number of alkyl halides is 1. The number of hydrogen-bond acceptors (Lipinski definition) is 3. The van der Waals surface area contributed by atoms with E-state index in [1.165, 1.54) is 5.56 Å². The molecule has 0 aromatic heterocycles. The monoisotopic (exact) mass is 284 g/mol. The van der Waals surface area contributed by atoms with Gasteiger partial charge >= 0.3 is 0 Å². The van der Waals surface area contributed by atoms with Crippen LogP contribution in [0.15, 0.2) is 34.3 Å². The predicted molar refractivity (Wildman–Crippen MR) is 76.2 cm³/mol. The molecule has 1 aliphatic heterocycles. The van der Waals surface area contributed by atoms with Crippen LogP contribution >= 0.6 is 23.2 Å². The van der Waals surface area contributed by atoms with Crippen LogP contribution in [0.5, 0.6) is 5.75 Å². The van der Waals surface area contributed by atoms with E-state index < -0.39 is 0 Å². The molecule has 0 aliphatic carbocycles. The lowest BCUT2D eigenvalue weighted by Crippen LogP contribution is -2.20. The maximum Gasteiger partial charge on any atom is 0.218 e. The summed E-state index contributed by atoms with van der Waals surface area (Å²) in [6.45, 7) is 0. The van der Waals surface area contributed by atoms with Gasteiger partial charge in [-0.1, -0.05) is 23.7 Å². The summed E-state index contributed by atoms with van der Waals surface area (Å²) < 4.78 is 5.12. The highest BCUT2D eigenvalue weighted by Crippen LogP contribution is 2.22. The van der Waals surface area contributed by atoms with Crippen LogP contribution in [-0.2, 0) is 6.42 Å². The van der Waals surface area contributed by atoms with Crippen LogP contribution in [0.1, 0.15) is 12.0 Å². The van der Waals surface area contributed by atoms with E-state index >= 15 is 0 Å². The van der Waals surface area contributed by atoms with Crippen molar-refractivity contribution in [3.63, 3.8) is 0 Å². The second kappa shape index (κ2) is 6.21. The summed E-state index contributed by atoms with van der Waals surface area (Å²) in [5.41, 5.74) is 0.932. The molecule has 0 bridgehead atoms. The molecule has 1 aromatic carbocycles. The number of methoxy groups -OCH3 is 1. The highest BCUT2D eigenvalue weighted by atomic mass is 35.5. The standard InChI is InChI=1S/C13H14Cl2N2O/c1-18-11-6-3-9(4-7-11)2-5-10-8-16-13(15)17-12(10)14/h3-4,6-8,10,12H,2,5H2,1H3. The minimum atomic E-state index is -0.312. The van der Waals surface area contributed by atoms with Crippen LogP contribution in [0, 0.1) is 5.92 Å². The van der Waals surface area contributed by atoms with Crippen molar-refractivity contribution in [3.8, 4) is 5.75 Å². The molecule has 0 radical (unpaired) electrons. The average molecular weight is 285 g/mol. The Morgan fingerprint density at radius 3 is 2.61 bits per heavy atom. The number of nitrogens with zero attached hydrogens (tertiary/aromatic N) is 2. The molecule has 0 amide bonds. The van der Waals surface area contributed by atoms with Gasteiger partial charge in [0.2, 0.25) is 5.29 Å². The van der Waals surface area contributed by atoms with Crippen molar-refractivity contribution in [1.29, 1.82) is 0 Å². The van der Waals surface area contributed by atoms with Gasteiger partial charge in [-0.25, -0.2) is 9.98 Å². The van der Waals surface area contributed by atoms with Crippen LogP contribution in [0.4, 0.5) is 0 Å². The molecular weight excluding hydrogens is 271 g/mol. The molecule has 2 rings (SSSR count). The van der Waals surface area contributed by atoms with Crippen molar-refractivity contribution in [2.45, 2.75) is 18.3 Å². The minimum Gasteiger partial charge on any atom is -0.497 e. The first kappa shape index (κ1) is 13.4. The number of aliphatic imine (C=N–C) groups is 2. The number of ether oxygens (including phenoxy) is 1. The van der Waals surface area contributed by atoms with Crippen molar-refractivity contribution in [1.82, 2.24) is 0 Å². The lowest BCUT2D eigenvalue weighted by molar-refractivity contribution is 0.414. The summed E-state index contributed by atoms with van der Waals surface area (Å²) in [7, 11) is 1.66. The fourth-order valence-corrected chi connectivity index (χ4v) is 2.29. The molecule has 2 unspecified atom stereocenters. The first-order valence-electron chi connectivity index (χ1n) is 5.73. The Morgan fingerprint density at radius 1 is 1.28 bits per heavy atom. The molecule has 1 aromatic rings. The van der Waals surface area contributed by atoms with Gasteiger partial charge in [0.1, 0.15) is 11.3 Å². The van der Waals surface area contributed by atoms with Gasteiger partial charge in [0, 0.05) is 12.1 Å². The van der Waals surface area contributed by atoms with Gasteiger partial charge in [0.15, 0.2) is 0 Å². The largest absolute Gasteiger partial charge is 0.497 e. The molecule has 0 spiro atoms. The maximum absolute atomic E-state index is 6.11. The molecule has 0 saturated heterocycles. The topological polar surface area (TPSA) is 34.0 Å². The third-order valence-electron chi connectivity index (χ3n) is 2.88. The third kappa shape index (κ3) is 3.47. The van der Waals surface area contributed by atoms with E-state index in [1.807, 2.05) is 12.1 Å². The predicted octanol–water partition coefficient (Wildman–Crippen LogP) is 3.49. The van der Waals surface area contributed by atoms with E-state index in [0.717, 1.165) is 18.6 Å². The fourth-order valence-electron chi connectivity index (χ4n) is 1.80. The van der Waals surface area contributed by atoms with Crippen LogP contribution < -0.4 is 4.74 Å². The molecule has 5 heteroatoms. The van der Waals surface area contributed by atoms with Crippen LogP contribution in [0.2, 0.25) is 0 Å². The van der Waals surface area contributed by atoms with Gasteiger partial charge in [-0.3, -0.25) is 0 Å². The van der Waals surface area contributed by atoms with Gasteiger partial charge in [0.25, 0.3) is 0 Å². The second-order valence-electron chi connectivity index (χ2n) is 4.10. The normalized spacial score (nSPS) is 22.7. The maximum atomic E-state index is 6.11. The Balaban J connectivity index is 1.90. The fraction of sp³-hybridized carbons (Fsp3) is 0.385. The smallest absolute Gasteiger partial charge is 0.218 e.